The molecule has 3 heteroatoms. The zero-order chi connectivity index (χ0) is 9.35. The molecule has 0 N–H and O–H groups in total. The highest BCUT2D eigenvalue weighted by molar-refractivity contribution is 6.06. The maximum Gasteiger partial charge on any atom is 0.234 e. The zero-order valence-electron chi connectivity index (χ0n) is 7.63. The molecule has 66 valence electrons. The van der Waals surface area contributed by atoms with Crippen LogP contribution in [0.25, 0.3) is 0 Å². The van der Waals surface area contributed by atoms with Gasteiger partial charge in [0, 0.05) is 11.7 Å². The normalized spacial score (nSPS) is 18.8. The van der Waals surface area contributed by atoms with E-state index in [-0.39, 0.29) is 23.7 Å². The van der Waals surface area contributed by atoms with Crippen LogP contribution in [0, 0.1) is 0 Å². The standard InChI is InChI=1S/C9H13NO2/c1-9(2,3)10-5-4-7(11)6-8(10)12/h4-5H,6H2,1-3H3. The van der Waals surface area contributed by atoms with E-state index in [1.807, 2.05) is 20.8 Å². The second kappa shape index (κ2) is 2.73. The van der Waals surface area contributed by atoms with Gasteiger partial charge >= 0.3 is 0 Å². The highest BCUT2D eigenvalue weighted by atomic mass is 16.2. The minimum atomic E-state index is -0.228. The Morgan fingerprint density at radius 2 is 1.92 bits per heavy atom. The first-order valence-electron chi connectivity index (χ1n) is 3.94. The summed E-state index contributed by atoms with van der Waals surface area (Å²) < 4.78 is 0. The van der Waals surface area contributed by atoms with E-state index in [0.717, 1.165) is 0 Å². The van der Waals surface area contributed by atoms with Gasteiger partial charge in [0.05, 0.1) is 6.42 Å². The molecule has 0 saturated carbocycles. The Labute approximate surface area is 72.0 Å². The monoisotopic (exact) mass is 167 g/mol. The molecule has 3 nitrogen and oxygen atoms in total. The van der Waals surface area contributed by atoms with Gasteiger partial charge in [0.2, 0.25) is 5.91 Å². The minimum absolute atomic E-state index is 0.00771. The number of amides is 1. The smallest absolute Gasteiger partial charge is 0.234 e. The topological polar surface area (TPSA) is 37.4 Å². The third-order valence-corrected chi connectivity index (χ3v) is 1.73. The van der Waals surface area contributed by atoms with E-state index in [1.165, 1.54) is 6.08 Å². The molecule has 1 aliphatic heterocycles. The molecule has 12 heavy (non-hydrogen) atoms. The molecule has 0 saturated heterocycles. The van der Waals surface area contributed by atoms with Gasteiger partial charge in [0.25, 0.3) is 0 Å². The van der Waals surface area contributed by atoms with Gasteiger partial charge in [-0.05, 0) is 26.8 Å². The Bertz CT molecular complexity index is 248. The summed E-state index contributed by atoms with van der Waals surface area (Å²) in [6.45, 7) is 5.81. The van der Waals surface area contributed by atoms with Crippen molar-refractivity contribution in [2.24, 2.45) is 0 Å². The maximum absolute atomic E-state index is 11.3. The Hall–Kier alpha value is -1.12. The van der Waals surface area contributed by atoms with E-state index in [4.69, 9.17) is 0 Å². The average Bonchev–Trinajstić information content (AvgIpc) is 1.83. The van der Waals surface area contributed by atoms with Gasteiger partial charge in [0.1, 0.15) is 0 Å². The Balaban J connectivity index is 2.87. The van der Waals surface area contributed by atoms with Crippen LogP contribution in [0.2, 0.25) is 0 Å². The maximum atomic E-state index is 11.3. The molecule has 0 spiro atoms. The van der Waals surface area contributed by atoms with Crippen molar-refractivity contribution in [1.82, 2.24) is 4.90 Å². The first-order chi connectivity index (χ1) is 5.41. The fourth-order valence-electron chi connectivity index (χ4n) is 1.13. The van der Waals surface area contributed by atoms with Gasteiger partial charge in [0.15, 0.2) is 5.78 Å². The van der Waals surface area contributed by atoms with Gasteiger partial charge in [-0.25, -0.2) is 0 Å². The van der Waals surface area contributed by atoms with E-state index in [0.29, 0.717) is 0 Å². The molecule has 0 radical (unpaired) electrons. The quantitative estimate of drug-likeness (QED) is 0.507. The molecule has 1 rings (SSSR count). The largest absolute Gasteiger partial charge is 0.313 e. The summed E-state index contributed by atoms with van der Waals surface area (Å²) in [6.07, 6.45) is 3.02. The molecular weight excluding hydrogens is 154 g/mol. The number of ketones is 1. The molecule has 0 aliphatic carbocycles. The highest BCUT2D eigenvalue weighted by Crippen LogP contribution is 2.18. The number of hydrogen-bond donors (Lipinski definition) is 0. The number of hydrogen-bond acceptors (Lipinski definition) is 2. The van der Waals surface area contributed by atoms with Crippen LogP contribution in [0.1, 0.15) is 27.2 Å². The summed E-state index contributed by atoms with van der Waals surface area (Å²) in [5.74, 6) is -0.226. The predicted molar refractivity (Wildman–Crippen MR) is 45.4 cm³/mol. The molecule has 0 aromatic carbocycles. The number of nitrogens with zero attached hydrogens (tertiary/aromatic N) is 1. The lowest BCUT2D eigenvalue weighted by Gasteiger charge is -2.34. The van der Waals surface area contributed by atoms with Crippen LogP contribution in [0.5, 0.6) is 0 Å². The molecule has 0 aromatic heterocycles. The van der Waals surface area contributed by atoms with Crippen LogP contribution >= 0.6 is 0 Å². The summed E-state index contributed by atoms with van der Waals surface area (Å²) in [5, 5.41) is 0. The van der Waals surface area contributed by atoms with Crippen LogP contribution in [-0.4, -0.2) is 22.1 Å². The van der Waals surface area contributed by atoms with Crippen LogP contribution in [0.15, 0.2) is 12.3 Å². The fraction of sp³-hybridized carbons (Fsp3) is 0.556. The first kappa shape index (κ1) is 8.97. The number of allylic oxidation sites excluding steroid dienone is 1. The molecule has 0 fully saturated rings. The third-order valence-electron chi connectivity index (χ3n) is 1.73. The first-order valence-corrected chi connectivity index (χ1v) is 3.94. The average molecular weight is 167 g/mol. The van der Waals surface area contributed by atoms with Crippen LogP contribution < -0.4 is 0 Å². The van der Waals surface area contributed by atoms with E-state index in [2.05, 4.69) is 0 Å². The number of carbonyl (C=O) groups excluding carboxylic acids is 2. The van der Waals surface area contributed by atoms with E-state index < -0.39 is 0 Å². The molecule has 0 aromatic rings. The summed E-state index contributed by atoms with van der Waals surface area (Å²) in [7, 11) is 0. The zero-order valence-corrected chi connectivity index (χ0v) is 7.63. The molecular formula is C9H13NO2. The van der Waals surface area contributed by atoms with Gasteiger partial charge in [-0.15, -0.1) is 0 Å². The summed E-state index contributed by atoms with van der Waals surface area (Å²) in [4.78, 5) is 23.7. The summed E-state index contributed by atoms with van der Waals surface area (Å²) in [6, 6.07) is 0. The fourth-order valence-corrected chi connectivity index (χ4v) is 1.13. The van der Waals surface area contributed by atoms with Crippen molar-refractivity contribution in [3.05, 3.63) is 12.3 Å². The van der Waals surface area contributed by atoms with E-state index in [1.54, 1.807) is 11.1 Å². The second-order valence-electron chi connectivity index (χ2n) is 3.89. The van der Waals surface area contributed by atoms with Gasteiger partial charge in [-0.3, -0.25) is 9.59 Å². The lowest BCUT2D eigenvalue weighted by atomic mass is 10.0. The predicted octanol–water partition coefficient (Wildman–Crippen LogP) is 1.10. The number of carbonyl (C=O) groups is 2. The van der Waals surface area contributed by atoms with Gasteiger partial charge in [-0.2, -0.15) is 0 Å². The Kier molecular flexibility index (Phi) is 2.04. The van der Waals surface area contributed by atoms with E-state index in [9.17, 15) is 9.59 Å². The van der Waals surface area contributed by atoms with E-state index >= 15 is 0 Å². The molecule has 0 atom stereocenters. The molecule has 1 aliphatic rings. The Morgan fingerprint density at radius 3 is 2.33 bits per heavy atom. The van der Waals surface area contributed by atoms with Crippen LogP contribution in [0.4, 0.5) is 0 Å². The molecule has 1 heterocycles. The van der Waals surface area contributed by atoms with Crippen LogP contribution in [-0.2, 0) is 9.59 Å². The second-order valence-corrected chi connectivity index (χ2v) is 3.89. The Morgan fingerprint density at radius 1 is 1.33 bits per heavy atom. The minimum Gasteiger partial charge on any atom is -0.313 e. The molecule has 1 amide bonds. The molecule has 0 bridgehead atoms. The molecule has 0 unspecified atom stereocenters. The van der Waals surface area contributed by atoms with Gasteiger partial charge < -0.3 is 4.90 Å². The van der Waals surface area contributed by atoms with Crippen molar-refractivity contribution in [2.75, 3.05) is 0 Å². The SMILES string of the molecule is CC(C)(C)N1C=CC(=O)CC1=O. The van der Waals surface area contributed by atoms with Crippen molar-refractivity contribution < 1.29 is 9.59 Å². The summed E-state index contributed by atoms with van der Waals surface area (Å²) >= 11 is 0. The van der Waals surface area contributed by atoms with Crippen molar-refractivity contribution in [3.8, 4) is 0 Å². The lowest BCUT2D eigenvalue weighted by molar-refractivity contribution is -0.136. The van der Waals surface area contributed by atoms with Crippen molar-refractivity contribution >= 4 is 11.7 Å². The third kappa shape index (κ3) is 1.72. The highest BCUT2D eigenvalue weighted by Gasteiger charge is 2.28. The summed E-state index contributed by atoms with van der Waals surface area (Å²) in [5.41, 5.74) is -0.228. The van der Waals surface area contributed by atoms with Crippen molar-refractivity contribution in [3.63, 3.8) is 0 Å². The number of rotatable bonds is 0. The van der Waals surface area contributed by atoms with Crippen LogP contribution in [0.3, 0.4) is 0 Å². The lowest BCUT2D eigenvalue weighted by Crippen LogP contribution is -2.44. The van der Waals surface area contributed by atoms with Crippen molar-refractivity contribution in [1.29, 1.82) is 0 Å². The van der Waals surface area contributed by atoms with Crippen molar-refractivity contribution in [2.45, 2.75) is 32.7 Å². The van der Waals surface area contributed by atoms with Gasteiger partial charge in [-0.1, -0.05) is 0 Å².